The van der Waals surface area contributed by atoms with E-state index in [0.717, 1.165) is 24.6 Å². The van der Waals surface area contributed by atoms with E-state index in [4.69, 9.17) is 4.84 Å². The number of anilines is 1. The van der Waals surface area contributed by atoms with E-state index in [1.807, 2.05) is 17.2 Å². The minimum atomic E-state index is 0.453. The first-order chi connectivity index (χ1) is 8.75. The van der Waals surface area contributed by atoms with Crippen molar-refractivity contribution in [3.8, 4) is 0 Å². The maximum absolute atomic E-state index is 5.67. The fraction of sp³-hybridized carbons (Fsp3) is 0.643. The summed E-state index contributed by atoms with van der Waals surface area (Å²) in [4.78, 5) is 10.2. The fourth-order valence-electron chi connectivity index (χ4n) is 2.06. The van der Waals surface area contributed by atoms with Gasteiger partial charge in [-0.2, -0.15) is 5.06 Å². The minimum absolute atomic E-state index is 0.453. The molecule has 0 aliphatic carbocycles. The number of hydroxylamine groups is 2. The molecular formula is C14H23N3O. The Hall–Kier alpha value is -1.13. The largest absolute Gasteiger partial charge is 0.346 e. The summed E-state index contributed by atoms with van der Waals surface area (Å²) in [5, 5.41) is 5.26. The van der Waals surface area contributed by atoms with Crippen molar-refractivity contribution in [2.24, 2.45) is 0 Å². The molecule has 2 rings (SSSR count). The van der Waals surface area contributed by atoms with Crippen LogP contribution in [0.5, 0.6) is 0 Å². The molecule has 2 heterocycles. The van der Waals surface area contributed by atoms with Crippen LogP contribution in [-0.2, 0) is 4.84 Å². The number of aromatic nitrogens is 1. The van der Waals surface area contributed by atoms with Crippen molar-refractivity contribution in [2.45, 2.75) is 39.0 Å². The molecule has 0 aromatic carbocycles. The zero-order chi connectivity index (χ0) is 12.8. The van der Waals surface area contributed by atoms with Crippen LogP contribution in [-0.4, -0.2) is 29.9 Å². The van der Waals surface area contributed by atoms with Gasteiger partial charge >= 0.3 is 0 Å². The van der Waals surface area contributed by atoms with Crippen LogP contribution >= 0.6 is 0 Å². The molecule has 4 heteroatoms. The molecular weight excluding hydrogens is 226 g/mol. The monoisotopic (exact) mass is 249 g/mol. The van der Waals surface area contributed by atoms with Crippen LogP contribution in [0.4, 0.5) is 5.82 Å². The van der Waals surface area contributed by atoms with Gasteiger partial charge in [0.05, 0.1) is 0 Å². The van der Waals surface area contributed by atoms with Gasteiger partial charge in [-0.25, -0.2) is 4.98 Å². The first-order valence-corrected chi connectivity index (χ1v) is 6.84. The Labute approximate surface area is 109 Å². The summed E-state index contributed by atoms with van der Waals surface area (Å²) < 4.78 is 0. The molecule has 1 fully saturated rings. The average molecular weight is 249 g/mol. The number of hydrogen-bond acceptors (Lipinski definition) is 4. The SMILES string of the molecule is CC(C)c1cccc(NCON2CCCCC2)n1. The van der Waals surface area contributed by atoms with Crippen molar-refractivity contribution < 1.29 is 4.84 Å². The molecule has 1 aliphatic heterocycles. The highest BCUT2D eigenvalue weighted by Crippen LogP contribution is 2.14. The van der Waals surface area contributed by atoms with Crippen LogP contribution in [0.3, 0.4) is 0 Å². The van der Waals surface area contributed by atoms with E-state index in [1.54, 1.807) is 0 Å². The smallest absolute Gasteiger partial charge is 0.139 e. The highest BCUT2D eigenvalue weighted by Gasteiger charge is 2.10. The maximum atomic E-state index is 5.67. The van der Waals surface area contributed by atoms with Gasteiger partial charge in [0.1, 0.15) is 12.5 Å². The number of nitrogens with zero attached hydrogens (tertiary/aromatic N) is 2. The molecule has 0 spiro atoms. The third kappa shape index (κ3) is 3.96. The topological polar surface area (TPSA) is 37.4 Å². The van der Waals surface area contributed by atoms with Crippen LogP contribution in [0.15, 0.2) is 18.2 Å². The van der Waals surface area contributed by atoms with Gasteiger partial charge in [0.2, 0.25) is 0 Å². The molecule has 100 valence electrons. The molecule has 4 nitrogen and oxygen atoms in total. The predicted molar refractivity (Wildman–Crippen MR) is 73.3 cm³/mol. The van der Waals surface area contributed by atoms with Crippen LogP contribution in [0.1, 0.15) is 44.7 Å². The lowest BCUT2D eigenvalue weighted by Crippen LogP contribution is -2.31. The second kappa shape index (κ2) is 6.71. The van der Waals surface area contributed by atoms with Gasteiger partial charge in [-0.1, -0.05) is 26.3 Å². The van der Waals surface area contributed by atoms with E-state index in [9.17, 15) is 0 Å². The Morgan fingerprint density at radius 3 is 2.78 bits per heavy atom. The van der Waals surface area contributed by atoms with Gasteiger partial charge in [-0.3, -0.25) is 4.84 Å². The van der Waals surface area contributed by atoms with Crippen molar-refractivity contribution in [1.82, 2.24) is 10.0 Å². The molecule has 0 bridgehead atoms. The van der Waals surface area contributed by atoms with E-state index < -0.39 is 0 Å². The molecule has 0 unspecified atom stereocenters. The molecule has 1 aromatic heterocycles. The lowest BCUT2D eigenvalue weighted by Gasteiger charge is -2.25. The number of piperidine rings is 1. The molecule has 0 saturated carbocycles. The van der Waals surface area contributed by atoms with E-state index in [1.165, 1.54) is 19.3 Å². The van der Waals surface area contributed by atoms with Crippen molar-refractivity contribution >= 4 is 5.82 Å². The second-order valence-electron chi connectivity index (χ2n) is 5.04. The van der Waals surface area contributed by atoms with Gasteiger partial charge in [-0.15, -0.1) is 0 Å². The summed E-state index contributed by atoms with van der Waals surface area (Å²) in [5.41, 5.74) is 1.11. The lowest BCUT2D eigenvalue weighted by atomic mass is 10.1. The Balaban J connectivity index is 1.77. The second-order valence-corrected chi connectivity index (χ2v) is 5.04. The third-order valence-corrected chi connectivity index (χ3v) is 3.18. The quantitative estimate of drug-likeness (QED) is 0.814. The highest BCUT2D eigenvalue weighted by molar-refractivity contribution is 5.35. The van der Waals surface area contributed by atoms with E-state index in [-0.39, 0.29) is 0 Å². The molecule has 0 atom stereocenters. The Kier molecular flexibility index (Phi) is 4.96. The first-order valence-electron chi connectivity index (χ1n) is 6.84. The molecule has 1 aromatic rings. The fourth-order valence-corrected chi connectivity index (χ4v) is 2.06. The average Bonchev–Trinajstić information content (AvgIpc) is 2.40. The van der Waals surface area contributed by atoms with E-state index in [0.29, 0.717) is 12.6 Å². The van der Waals surface area contributed by atoms with Crippen LogP contribution in [0, 0.1) is 0 Å². The van der Waals surface area contributed by atoms with Crippen molar-refractivity contribution in [3.05, 3.63) is 23.9 Å². The van der Waals surface area contributed by atoms with Gasteiger partial charge in [0.15, 0.2) is 0 Å². The Morgan fingerprint density at radius 2 is 2.06 bits per heavy atom. The predicted octanol–water partition coefficient (Wildman–Crippen LogP) is 2.99. The molecule has 0 amide bonds. The number of hydrogen-bond donors (Lipinski definition) is 1. The first kappa shape index (κ1) is 13.3. The van der Waals surface area contributed by atoms with E-state index in [2.05, 4.69) is 30.2 Å². The van der Waals surface area contributed by atoms with Crippen molar-refractivity contribution in [1.29, 1.82) is 0 Å². The summed E-state index contributed by atoms with van der Waals surface area (Å²) in [6, 6.07) is 6.07. The van der Waals surface area contributed by atoms with Crippen LogP contribution in [0.2, 0.25) is 0 Å². The van der Waals surface area contributed by atoms with Crippen LogP contribution < -0.4 is 5.32 Å². The summed E-state index contributed by atoms with van der Waals surface area (Å²) >= 11 is 0. The van der Waals surface area contributed by atoms with Crippen LogP contribution in [0.25, 0.3) is 0 Å². The lowest BCUT2D eigenvalue weighted by molar-refractivity contribution is -0.161. The third-order valence-electron chi connectivity index (χ3n) is 3.18. The van der Waals surface area contributed by atoms with E-state index >= 15 is 0 Å². The summed E-state index contributed by atoms with van der Waals surface area (Å²) in [6.07, 6.45) is 3.80. The molecule has 1 saturated heterocycles. The zero-order valence-electron chi connectivity index (χ0n) is 11.4. The molecule has 0 radical (unpaired) electrons. The number of pyridine rings is 1. The van der Waals surface area contributed by atoms with Gasteiger partial charge in [0.25, 0.3) is 0 Å². The van der Waals surface area contributed by atoms with Gasteiger partial charge in [-0.05, 0) is 30.9 Å². The summed E-state index contributed by atoms with van der Waals surface area (Å²) in [7, 11) is 0. The normalized spacial score (nSPS) is 17.1. The number of rotatable bonds is 5. The van der Waals surface area contributed by atoms with Crippen molar-refractivity contribution in [2.75, 3.05) is 25.1 Å². The Morgan fingerprint density at radius 1 is 1.28 bits per heavy atom. The highest BCUT2D eigenvalue weighted by atomic mass is 16.7. The van der Waals surface area contributed by atoms with Crippen molar-refractivity contribution in [3.63, 3.8) is 0 Å². The molecule has 18 heavy (non-hydrogen) atoms. The summed E-state index contributed by atoms with van der Waals surface area (Å²) in [5.74, 6) is 1.34. The van der Waals surface area contributed by atoms with Gasteiger partial charge in [0, 0.05) is 18.8 Å². The van der Waals surface area contributed by atoms with Gasteiger partial charge < -0.3 is 5.32 Å². The molecule has 1 aliphatic rings. The summed E-state index contributed by atoms with van der Waals surface area (Å²) in [6.45, 7) is 6.88. The standard InChI is InChI=1S/C14H23N3O/c1-12(2)13-7-6-8-14(16-13)15-11-18-17-9-4-3-5-10-17/h6-8,12H,3-5,9-11H2,1-2H3,(H,15,16). The number of nitrogens with one attached hydrogen (secondary N) is 1. The molecule has 1 N–H and O–H groups in total. The Bertz CT molecular complexity index is 362. The minimum Gasteiger partial charge on any atom is -0.346 e. The maximum Gasteiger partial charge on any atom is 0.139 e. The zero-order valence-corrected chi connectivity index (χ0v) is 11.4.